The summed E-state index contributed by atoms with van der Waals surface area (Å²) < 4.78 is 0. The largest absolute Gasteiger partial charge is 0.382 e. The third-order valence-electron chi connectivity index (χ3n) is 0.710. The van der Waals surface area contributed by atoms with Crippen molar-refractivity contribution in [1.29, 1.82) is 0 Å². The first-order valence-electron chi connectivity index (χ1n) is 2.20. The van der Waals surface area contributed by atoms with Gasteiger partial charge in [0, 0.05) is 0 Å². The van der Waals surface area contributed by atoms with Crippen LogP contribution in [0.3, 0.4) is 0 Å². The summed E-state index contributed by atoms with van der Waals surface area (Å²) >= 11 is 0. The predicted octanol–water partition coefficient (Wildman–Crippen LogP) is -0.475. The van der Waals surface area contributed by atoms with E-state index in [4.69, 9.17) is 5.11 Å². The van der Waals surface area contributed by atoms with E-state index in [1.807, 2.05) is 0 Å². The molecule has 0 saturated carbocycles. The van der Waals surface area contributed by atoms with Crippen LogP contribution in [0.5, 0.6) is 0 Å². The summed E-state index contributed by atoms with van der Waals surface area (Å²) in [5.74, 6) is -0.794. The maximum Gasteiger partial charge on any atom is 0.225 e. The minimum Gasteiger partial charge on any atom is -0.382 e. The van der Waals surface area contributed by atoms with E-state index in [0.717, 1.165) is 0 Å². The molecule has 0 aliphatic rings. The number of hydrogen-bond donors (Lipinski definition) is 1. The Labute approximate surface area is 47.3 Å². The lowest BCUT2D eigenvalue weighted by atomic mass is 10.1. The standard InChI is InChI=1S/C5H8O3/c1-5(2,8)4(7)3-6/h3,8H,1-2H3. The van der Waals surface area contributed by atoms with Crippen LogP contribution >= 0.6 is 0 Å². The van der Waals surface area contributed by atoms with Crippen molar-refractivity contribution in [2.45, 2.75) is 19.4 Å². The fourth-order valence-electron chi connectivity index (χ4n) is 0.144. The van der Waals surface area contributed by atoms with E-state index in [0.29, 0.717) is 0 Å². The van der Waals surface area contributed by atoms with E-state index in [9.17, 15) is 9.59 Å². The Bertz CT molecular complexity index is 109. The Balaban J connectivity index is 4.02. The average molecular weight is 116 g/mol. The maximum atomic E-state index is 10.2. The number of aliphatic hydroxyl groups is 1. The van der Waals surface area contributed by atoms with Crippen LogP contribution in [0.15, 0.2) is 0 Å². The Kier molecular flexibility index (Phi) is 1.87. The summed E-state index contributed by atoms with van der Waals surface area (Å²) in [7, 11) is 0. The average Bonchev–Trinajstić information content (AvgIpc) is 1.62. The van der Waals surface area contributed by atoms with Crippen LogP contribution in [0.1, 0.15) is 13.8 Å². The normalized spacial score (nSPS) is 10.9. The lowest BCUT2D eigenvalue weighted by molar-refractivity contribution is -0.140. The van der Waals surface area contributed by atoms with Gasteiger partial charge in [0.2, 0.25) is 5.78 Å². The lowest BCUT2D eigenvalue weighted by Gasteiger charge is -2.09. The molecule has 0 fully saturated rings. The van der Waals surface area contributed by atoms with E-state index >= 15 is 0 Å². The third-order valence-corrected chi connectivity index (χ3v) is 0.710. The van der Waals surface area contributed by atoms with Gasteiger partial charge in [-0.25, -0.2) is 0 Å². The van der Waals surface area contributed by atoms with Gasteiger partial charge in [0.25, 0.3) is 0 Å². The molecule has 0 unspecified atom stereocenters. The van der Waals surface area contributed by atoms with Crippen molar-refractivity contribution in [3.8, 4) is 0 Å². The van der Waals surface area contributed by atoms with Gasteiger partial charge in [-0.3, -0.25) is 9.59 Å². The smallest absolute Gasteiger partial charge is 0.225 e. The number of carbonyl (C=O) groups excluding carboxylic acids is 2. The molecule has 0 saturated heterocycles. The van der Waals surface area contributed by atoms with Crippen LogP contribution in [0.25, 0.3) is 0 Å². The second-order valence-corrected chi connectivity index (χ2v) is 2.04. The zero-order valence-electron chi connectivity index (χ0n) is 4.84. The molecule has 0 radical (unpaired) electrons. The van der Waals surface area contributed by atoms with Crippen LogP contribution in [0.4, 0.5) is 0 Å². The van der Waals surface area contributed by atoms with Gasteiger partial charge in [-0.2, -0.15) is 0 Å². The molecule has 0 heterocycles. The molecule has 0 aromatic rings. The first kappa shape index (κ1) is 7.30. The topological polar surface area (TPSA) is 54.4 Å². The quantitative estimate of drug-likeness (QED) is 0.392. The van der Waals surface area contributed by atoms with Crippen LogP contribution in [-0.4, -0.2) is 22.8 Å². The minimum absolute atomic E-state index is 0.111. The lowest BCUT2D eigenvalue weighted by Crippen LogP contribution is -2.31. The Morgan fingerprint density at radius 2 is 2.00 bits per heavy atom. The van der Waals surface area contributed by atoms with E-state index in [-0.39, 0.29) is 6.29 Å². The molecule has 0 bridgehead atoms. The number of hydrogen-bond acceptors (Lipinski definition) is 3. The maximum absolute atomic E-state index is 10.2. The molecular formula is C5H8O3. The van der Waals surface area contributed by atoms with Crippen LogP contribution < -0.4 is 0 Å². The molecule has 3 heteroatoms. The van der Waals surface area contributed by atoms with Crippen molar-refractivity contribution in [3.63, 3.8) is 0 Å². The van der Waals surface area contributed by atoms with Crippen LogP contribution in [0, 0.1) is 0 Å². The molecule has 46 valence electrons. The van der Waals surface area contributed by atoms with Crippen molar-refractivity contribution in [3.05, 3.63) is 0 Å². The molecule has 3 nitrogen and oxygen atoms in total. The van der Waals surface area contributed by atoms with Crippen molar-refractivity contribution >= 4 is 12.1 Å². The molecule has 0 aromatic heterocycles. The summed E-state index contributed by atoms with van der Waals surface area (Å²) in [4.78, 5) is 19.9. The molecule has 1 N–H and O–H groups in total. The SMILES string of the molecule is CC(C)(O)C(=O)C=O. The first-order chi connectivity index (χ1) is 3.48. The van der Waals surface area contributed by atoms with Gasteiger partial charge in [-0.05, 0) is 13.8 Å². The van der Waals surface area contributed by atoms with E-state index in [2.05, 4.69) is 0 Å². The number of aldehydes is 1. The molecule has 0 aliphatic heterocycles. The highest BCUT2D eigenvalue weighted by atomic mass is 16.3. The highest BCUT2D eigenvalue weighted by Crippen LogP contribution is 1.98. The van der Waals surface area contributed by atoms with Gasteiger partial charge in [0.05, 0.1) is 0 Å². The van der Waals surface area contributed by atoms with Gasteiger partial charge in [0.1, 0.15) is 5.60 Å². The fraction of sp³-hybridized carbons (Fsp3) is 0.600. The predicted molar refractivity (Wildman–Crippen MR) is 27.4 cm³/mol. The zero-order valence-corrected chi connectivity index (χ0v) is 4.84. The highest BCUT2D eigenvalue weighted by molar-refractivity contribution is 6.28. The van der Waals surface area contributed by atoms with Gasteiger partial charge in [-0.15, -0.1) is 0 Å². The van der Waals surface area contributed by atoms with Gasteiger partial charge < -0.3 is 5.11 Å². The van der Waals surface area contributed by atoms with Crippen molar-refractivity contribution < 1.29 is 14.7 Å². The van der Waals surface area contributed by atoms with Crippen molar-refractivity contribution in [2.75, 3.05) is 0 Å². The monoisotopic (exact) mass is 116 g/mol. The molecule has 0 rings (SSSR count). The summed E-state index contributed by atoms with van der Waals surface area (Å²) in [6.45, 7) is 2.54. The summed E-state index contributed by atoms with van der Waals surface area (Å²) in [6, 6.07) is 0. The van der Waals surface area contributed by atoms with Crippen molar-refractivity contribution in [2.24, 2.45) is 0 Å². The van der Waals surface area contributed by atoms with Gasteiger partial charge in [0.15, 0.2) is 6.29 Å². The van der Waals surface area contributed by atoms with Crippen LogP contribution in [-0.2, 0) is 9.59 Å². The fourth-order valence-corrected chi connectivity index (χ4v) is 0.144. The third kappa shape index (κ3) is 1.84. The zero-order chi connectivity index (χ0) is 6.78. The highest BCUT2D eigenvalue weighted by Gasteiger charge is 2.21. The molecule has 0 amide bonds. The van der Waals surface area contributed by atoms with E-state index < -0.39 is 11.4 Å². The summed E-state index contributed by atoms with van der Waals surface area (Å²) in [5, 5.41) is 8.71. The Morgan fingerprint density at radius 3 is 2.00 bits per heavy atom. The number of rotatable bonds is 2. The number of Topliss-reactive ketones (excluding diaryl/α,β-unsaturated/α-hetero) is 1. The summed E-state index contributed by atoms with van der Waals surface area (Å²) in [5.41, 5.74) is -1.50. The Morgan fingerprint density at radius 1 is 1.62 bits per heavy atom. The molecule has 8 heavy (non-hydrogen) atoms. The number of carbonyl (C=O) groups is 2. The minimum atomic E-state index is -1.50. The molecular weight excluding hydrogens is 108 g/mol. The van der Waals surface area contributed by atoms with Gasteiger partial charge >= 0.3 is 0 Å². The second kappa shape index (κ2) is 2.05. The number of ketones is 1. The first-order valence-corrected chi connectivity index (χ1v) is 2.20. The van der Waals surface area contributed by atoms with Crippen LogP contribution in [0.2, 0.25) is 0 Å². The van der Waals surface area contributed by atoms with E-state index in [1.165, 1.54) is 13.8 Å². The second-order valence-electron chi connectivity index (χ2n) is 2.04. The summed E-state index contributed by atoms with van der Waals surface area (Å²) in [6.07, 6.45) is 0.111. The molecule has 0 atom stereocenters. The molecule has 0 aromatic carbocycles. The van der Waals surface area contributed by atoms with Gasteiger partial charge in [-0.1, -0.05) is 0 Å². The molecule has 0 aliphatic carbocycles. The molecule has 0 spiro atoms. The van der Waals surface area contributed by atoms with Crippen molar-refractivity contribution in [1.82, 2.24) is 0 Å². The Hall–Kier alpha value is -0.700. The van der Waals surface area contributed by atoms with E-state index in [1.54, 1.807) is 0 Å².